The normalized spacial score (nSPS) is 11.3. The van der Waals surface area contributed by atoms with Gasteiger partial charge in [-0.25, -0.2) is 13.1 Å². The fraction of sp³-hybridized carbons (Fsp3) is 0.238. The topological polar surface area (TPSA) is 156 Å². The molecular weight excluding hydrogens is 506 g/mol. The van der Waals surface area contributed by atoms with Gasteiger partial charge in [-0.3, -0.25) is 14.4 Å². The molecule has 34 heavy (non-hydrogen) atoms. The Morgan fingerprint density at radius 1 is 1.15 bits per heavy atom. The molecule has 0 fully saturated rings. The lowest BCUT2D eigenvalue weighted by Gasteiger charge is -2.14. The Labute approximate surface area is 204 Å². The summed E-state index contributed by atoms with van der Waals surface area (Å²) in [7, 11) is -4.29. The van der Waals surface area contributed by atoms with E-state index in [1.807, 2.05) is 0 Å². The summed E-state index contributed by atoms with van der Waals surface area (Å²) in [5.41, 5.74) is 1.63. The number of benzene rings is 1. The third-order valence-corrected chi connectivity index (χ3v) is 7.64. The molecule has 2 heterocycles. The number of hydrogen-bond donors (Lipinski definition) is 3. The molecule has 3 N–H and O–H groups in total. The monoisotopic (exact) mass is 525 g/mol. The largest absolute Gasteiger partial charge is 0.481 e. The second kappa shape index (κ2) is 9.57. The molecule has 0 bridgehead atoms. The summed E-state index contributed by atoms with van der Waals surface area (Å²) in [4.78, 5) is 36.8. The summed E-state index contributed by atoms with van der Waals surface area (Å²) in [6.45, 7) is 6.54. The number of anilines is 2. The fourth-order valence-corrected chi connectivity index (χ4v) is 5.87. The Kier molecular flexibility index (Phi) is 7.15. The van der Waals surface area contributed by atoms with E-state index in [1.54, 1.807) is 26.8 Å². The van der Waals surface area contributed by atoms with E-state index in [4.69, 9.17) is 21.2 Å². The predicted octanol–water partition coefficient (Wildman–Crippen LogP) is 4.33. The Morgan fingerprint density at radius 2 is 1.82 bits per heavy atom. The number of amides is 1. The summed E-state index contributed by atoms with van der Waals surface area (Å²) < 4.78 is 33.1. The van der Waals surface area contributed by atoms with Gasteiger partial charge in [0.2, 0.25) is 0 Å². The first-order valence-corrected chi connectivity index (χ1v) is 12.4. The molecule has 2 aromatic heterocycles. The van der Waals surface area contributed by atoms with E-state index in [0.29, 0.717) is 16.0 Å². The number of nitrogens with one attached hydrogen (secondary N) is 2. The number of hydrogen-bond acceptors (Lipinski definition) is 8. The molecule has 0 aliphatic heterocycles. The van der Waals surface area contributed by atoms with Gasteiger partial charge in [0.15, 0.2) is 5.78 Å². The van der Waals surface area contributed by atoms with E-state index < -0.39 is 34.1 Å². The summed E-state index contributed by atoms with van der Waals surface area (Å²) in [6, 6.07) is 4.50. The molecular formula is C21H20ClN3O7S2. The van der Waals surface area contributed by atoms with Crippen LogP contribution in [0.25, 0.3) is 0 Å². The number of rotatable bonds is 8. The van der Waals surface area contributed by atoms with Crippen molar-refractivity contribution in [1.29, 1.82) is 0 Å². The fourth-order valence-electron chi connectivity index (χ4n) is 3.20. The molecule has 0 spiro atoms. The number of aryl methyl sites for hydroxylation is 4. The van der Waals surface area contributed by atoms with Gasteiger partial charge in [0.1, 0.15) is 26.9 Å². The lowest BCUT2D eigenvalue weighted by atomic mass is 9.99. The zero-order valence-electron chi connectivity index (χ0n) is 18.5. The first-order chi connectivity index (χ1) is 15.8. The first kappa shape index (κ1) is 25.4. The molecule has 13 heteroatoms. The van der Waals surface area contributed by atoms with E-state index in [-0.39, 0.29) is 37.6 Å². The molecule has 1 aromatic carbocycles. The second-order valence-electron chi connectivity index (χ2n) is 7.52. The van der Waals surface area contributed by atoms with Crippen molar-refractivity contribution in [2.45, 2.75) is 39.0 Å². The number of aliphatic carboxylic acids is 1. The molecule has 0 unspecified atom stereocenters. The van der Waals surface area contributed by atoms with Crippen LogP contribution in [0, 0.1) is 27.7 Å². The van der Waals surface area contributed by atoms with Gasteiger partial charge in [-0.15, -0.1) is 11.3 Å². The van der Waals surface area contributed by atoms with Crippen LogP contribution in [0.3, 0.4) is 0 Å². The highest BCUT2D eigenvalue weighted by atomic mass is 35.5. The summed E-state index contributed by atoms with van der Waals surface area (Å²) in [5.74, 6) is -3.07. The summed E-state index contributed by atoms with van der Waals surface area (Å²) in [6.07, 6.45) is -0.759. The minimum Gasteiger partial charge on any atom is -0.481 e. The molecule has 10 nitrogen and oxygen atoms in total. The smallest absolute Gasteiger partial charge is 0.311 e. The third-order valence-electron chi connectivity index (χ3n) is 4.67. The maximum atomic E-state index is 13.2. The highest BCUT2D eigenvalue weighted by Gasteiger charge is 2.29. The number of carbonyl (C=O) groups excluding carboxylic acids is 2. The van der Waals surface area contributed by atoms with Crippen LogP contribution in [-0.2, 0) is 14.8 Å². The quantitative estimate of drug-likeness (QED) is 0.290. The van der Waals surface area contributed by atoms with Crippen LogP contribution in [0.5, 0.6) is 0 Å². The molecule has 3 rings (SSSR count). The number of Topliss-reactive ketones (excluding diaryl/α,β-unsaturated/α-hetero) is 1. The molecule has 180 valence electrons. The highest BCUT2D eigenvalue weighted by molar-refractivity contribution is 7.93. The van der Waals surface area contributed by atoms with Crippen LogP contribution in [0.15, 0.2) is 27.6 Å². The maximum absolute atomic E-state index is 13.2. The average molecular weight is 526 g/mol. The number of aromatic nitrogens is 1. The molecule has 0 aliphatic rings. The van der Waals surface area contributed by atoms with E-state index in [9.17, 15) is 22.8 Å². The van der Waals surface area contributed by atoms with Crippen molar-refractivity contribution < 1.29 is 32.4 Å². The van der Waals surface area contributed by atoms with Gasteiger partial charge in [0.25, 0.3) is 21.8 Å². The zero-order chi connectivity index (χ0) is 25.4. The number of carboxylic acids is 1. The number of nitrogens with zero attached hydrogens (tertiary/aromatic N) is 1. The van der Waals surface area contributed by atoms with Crippen molar-refractivity contribution in [2.24, 2.45) is 0 Å². The standard InChI is InChI=1S/C21H20ClN3O7S2/c1-9-5-10(2)18(13(6-9)14(26)8-16(27)28)23-20(29)19-15(7-11(3)33-19)34(30,31)25-21-17(22)12(4)24-32-21/h5-7,25H,8H2,1-4H3,(H,23,29)(H,27,28). The number of thiophene rings is 1. The number of carbonyl (C=O) groups is 3. The molecule has 0 atom stereocenters. The van der Waals surface area contributed by atoms with Crippen LogP contribution in [0.1, 0.15) is 48.1 Å². The number of ketones is 1. The van der Waals surface area contributed by atoms with Crippen LogP contribution >= 0.6 is 22.9 Å². The Hall–Kier alpha value is -3.22. The Morgan fingerprint density at radius 3 is 2.41 bits per heavy atom. The second-order valence-corrected chi connectivity index (χ2v) is 10.8. The van der Waals surface area contributed by atoms with E-state index in [1.165, 1.54) is 19.1 Å². The molecule has 0 radical (unpaired) electrons. The van der Waals surface area contributed by atoms with Crippen LogP contribution < -0.4 is 10.0 Å². The van der Waals surface area contributed by atoms with Gasteiger partial charge in [-0.1, -0.05) is 22.8 Å². The lowest BCUT2D eigenvalue weighted by Crippen LogP contribution is -2.20. The molecule has 0 saturated carbocycles. The minimum absolute atomic E-state index is 0.0154. The summed E-state index contributed by atoms with van der Waals surface area (Å²) >= 11 is 6.93. The van der Waals surface area contributed by atoms with E-state index in [0.717, 1.165) is 11.3 Å². The van der Waals surface area contributed by atoms with Crippen molar-refractivity contribution in [1.82, 2.24) is 5.16 Å². The van der Waals surface area contributed by atoms with Crippen molar-refractivity contribution in [3.63, 3.8) is 0 Å². The lowest BCUT2D eigenvalue weighted by molar-refractivity contribution is -0.135. The number of halogens is 1. The number of carboxylic acid groups (broad SMARTS) is 1. The van der Waals surface area contributed by atoms with Gasteiger partial charge in [0, 0.05) is 10.4 Å². The Balaban J connectivity index is 2.00. The van der Waals surface area contributed by atoms with E-state index >= 15 is 0 Å². The maximum Gasteiger partial charge on any atom is 0.311 e. The first-order valence-electron chi connectivity index (χ1n) is 9.72. The van der Waals surface area contributed by atoms with Gasteiger partial charge in [-0.05, 0) is 51.0 Å². The molecule has 1 amide bonds. The van der Waals surface area contributed by atoms with Gasteiger partial charge >= 0.3 is 5.97 Å². The van der Waals surface area contributed by atoms with Crippen LogP contribution in [0.2, 0.25) is 5.02 Å². The van der Waals surface area contributed by atoms with Crippen molar-refractivity contribution >= 4 is 62.2 Å². The van der Waals surface area contributed by atoms with E-state index in [2.05, 4.69) is 15.2 Å². The molecule has 0 aliphatic carbocycles. The third kappa shape index (κ3) is 5.29. The highest BCUT2D eigenvalue weighted by Crippen LogP contribution is 2.33. The van der Waals surface area contributed by atoms with Gasteiger partial charge < -0.3 is 14.9 Å². The summed E-state index contributed by atoms with van der Waals surface area (Å²) in [5, 5.41) is 15.2. The van der Waals surface area contributed by atoms with Crippen molar-refractivity contribution in [2.75, 3.05) is 10.0 Å². The number of sulfonamides is 1. The van der Waals surface area contributed by atoms with Crippen LogP contribution in [-0.4, -0.2) is 36.3 Å². The molecule has 0 saturated heterocycles. The van der Waals surface area contributed by atoms with Crippen molar-refractivity contribution in [3.8, 4) is 0 Å². The van der Waals surface area contributed by atoms with Gasteiger partial charge in [-0.2, -0.15) is 0 Å². The average Bonchev–Trinajstić information content (AvgIpc) is 3.27. The SMILES string of the molecule is Cc1cc(C)c(NC(=O)c2sc(C)cc2S(=O)(=O)Nc2onc(C)c2Cl)c(C(=O)CC(=O)O)c1. The van der Waals surface area contributed by atoms with Crippen LogP contribution in [0.4, 0.5) is 11.6 Å². The minimum atomic E-state index is -4.29. The Bertz CT molecular complexity index is 1420. The van der Waals surface area contributed by atoms with Gasteiger partial charge in [0.05, 0.1) is 5.69 Å². The zero-order valence-corrected chi connectivity index (χ0v) is 20.9. The predicted molar refractivity (Wildman–Crippen MR) is 127 cm³/mol. The molecule has 3 aromatic rings. The van der Waals surface area contributed by atoms with Crippen molar-refractivity contribution in [3.05, 3.63) is 55.4 Å².